The first-order valence-electron chi connectivity index (χ1n) is 7.55. The molecule has 1 aromatic carbocycles. The van der Waals surface area contributed by atoms with Gasteiger partial charge in [0.05, 0.1) is 18.7 Å². The quantitative estimate of drug-likeness (QED) is 0.598. The molecule has 0 aliphatic carbocycles. The van der Waals surface area contributed by atoms with Gasteiger partial charge in [-0.3, -0.25) is 9.59 Å². The van der Waals surface area contributed by atoms with Crippen LogP contribution < -0.4 is 0 Å². The van der Waals surface area contributed by atoms with Gasteiger partial charge in [0.2, 0.25) is 5.78 Å². The van der Waals surface area contributed by atoms with Crippen molar-refractivity contribution in [2.45, 2.75) is 26.7 Å². The number of ketones is 1. The van der Waals surface area contributed by atoms with Gasteiger partial charge in [-0.25, -0.2) is 0 Å². The number of halogens is 1. The molecule has 0 saturated carbocycles. The maximum absolute atomic E-state index is 12.7. The Morgan fingerprint density at radius 2 is 1.87 bits per heavy atom. The lowest BCUT2D eigenvalue weighted by Crippen LogP contribution is -2.14. The molecule has 0 aliphatic heterocycles. The highest BCUT2D eigenvalue weighted by molar-refractivity contribution is 6.30. The summed E-state index contributed by atoms with van der Waals surface area (Å²) in [5, 5.41) is 0.588. The van der Waals surface area contributed by atoms with E-state index in [0.717, 1.165) is 17.7 Å². The number of hydrogen-bond acceptors (Lipinski definition) is 3. The highest BCUT2D eigenvalue weighted by Gasteiger charge is 2.20. The maximum Gasteiger partial charge on any atom is 0.311 e. The monoisotopic (exact) mass is 333 g/mol. The summed E-state index contributed by atoms with van der Waals surface area (Å²) >= 11 is 5.86. The van der Waals surface area contributed by atoms with Crippen LogP contribution in [0.3, 0.4) is 0 Å². The third-order valence-corrected chi connectivity index (χ3v) is 3.89. The molecule has 0 bridgehead atoms. The summed E-state index contributed by atoms with van der Waals surface area (Å²) in [5.41, 5.74) is 2.75. The highest BCUT2D eigenvalue weighted by Crippen LogP contribution is 2.20. The van der Waals surface area contributed by atoms with Crippen LogP contribution in [0.2, 0.25) is 5.02 Å². The van der Waals surface area contributed by atoms with Gasteiger partial charge >= 0.3 is 5.97 Å². The number of benzene rings is 1. The van der Waals surface area contributed by atoms with Crippen LogP contribution in [0, 0.1) is 6.92 Å². The van der Waals surface area contributed by atoms with E-state index in [1.165, 1.54) is 0 Å². The average Bonchev–Trinajstić information content (AvgIpc) is 2.79. The first kappa shape index (κ1) is 17.3. The summed E-state index contributed by atoms with van der Waals surface area (Å²) in [7, 11) is 1.79. The Kier molecular flexibility index (Phi) is 5.61. The van der Waals surface area contributed by atoms with Crippen molar-refractivity contribution in [3.05, 3.63) is 57.9 Å². The second-order valence-electron chi connectivity index (χ2n) is 5.46. The predicted molar refractivity (Wildman–Crippen MR) is 90.0 cm³/mol. The van der Waals surface area contributed by atoms with Crippen molar-refractivity contribution in [3.8, 4) is 0 Å². The number of aryl methyl sites for hydroxylation is 1. The largest absolute Gasteiger partial charge is 0.465 e. The number of hydrogen-bond donors (Lipinski definition) is 0. The smallest absolute Gasteiger partial charge is 0.311 e. The Balaban J connectivity index is 2.25. The molecule has 23 heavy (non-hydrogen) atoms. The molecule has 0 fully saturated rings. The summed E-state index contributed by atoms with van der Waals surface area (Å²) in [6.07, 6.45) is 0.948. The zero-order valence-electron chi connectivity index (χ0n) is 13.6. The Bertz CT molecular complexity index is 717. The van der Waals surface area contributed by atoms with Crippen molar-refractivity contribution in [2.24, 2.45) is 7.05 Å². The lowest BCUT2D eigenvalue weighted by Gasteiger charge is -2.08. The number of carbonyl (C=O) groups excluding carboxylic acids is 2. The van der Waals surface area contributed by atoms with Crippen molar-refractivity contribution >= 4 is 23.4 Å². The third kappa shape index (κ3) is 4.02. The van der Waals surface area contributed by atoms with E-state index in [4.69, 9.17) is 16.3 Å². The van der Waals surface area contributed by atoms with E-state index < -0.39 is 0 Å². The molecule has 0 saturated heterocycles. The Morgan fingerprint density at radius 1 is 1.22 bits per heavy atom. The van der Waals surface area contributed by atoms with Crippen LogP contribution in [-0.4, -0.2) is 22.9 Å². The van der Waals surface area contributed by atoms with Crippen molar-refractivity contribution < 1.29 is 14.3 Å². The normalized spacial score (nSPS) is 10.6. The molecule has 4 nitrogen and oxygen atoms in total. The zero-order chi connectivity index (χ0) is 17.0. The fraction of sp³-hybridized carbons (Fsp3) is 0.333. The van der Waals surface area contributed by atoms with E-state index in [0.29, 0.717) is 22.9 Å². The van der Waals surface area contributed by atoms with Crippen molar-refractivity contribution in [1.29, 1.82) is 0 Å². The van der Waals surface area contributed by atoms with Crippen LogP contribution in [-0.2, 0) is 23.0 Å². The van der Waals surface area contributed by atoms with Crippen molar-refractivity contribution in [3.63, 3.8) is 0 Å². The number of aromatic nitrogens is 1. The zero-order valence-corrected chi connectivity index (χ0v) is 14.3. The first-order chi connectivity index (χ1) is 10.9. The molecule has 0 unspecified atom stereocenters. The van der Waals surface area contributed by atoms with E-state index in [1.807, 2.05) is 19.9 Å². The molecular formula is C18H20ClNO3. The van der Waals surface area contributed by atoms with Gasteiger partial charge in [0.1, 0.15) is 0 Å². The molecule has 122 valence electrons. The Morgan fingerprint density at radius 3 is 2.48 bits per heavy atom. The number of ether oxygens (including phenoxy) is 1. The van der Waals surface area contributed by atoms with Gasteiger partial charge in [0, 0.05) is 23.3 Å². The van der Waals surface area contributed by atoms with Gasteiger partial charge in [0.25, 0.3) is 0 Å². The van der Waals surface area contributed by atoms with E-state index >= 15 is 0 Å². The molecule has 0 spiro atoms. The topological polar surface area (TPSA) is 48.3 Å². The minimum absolute atomic E-state index is 0.0881. The van der Waals surface area contributed by atoms with E-state index in [2.05, 4.69) is 0 Å². The fourth-order valence-electron chi connectivity index (χ4n) is 2.48. The van der Waals surface area contributed by atoms with Gasteiger partial charge in [-0.2, -0.15) is 0 Å². The predicted octanol–water partition coefficient (Wildman–Crippen LogP) is 3.71. The molecule has 0 aliphatic rings. The van der Waals surface area contributed by atoms with E-state index in [1.54, 1.807) is 35.9 Å². The fourth-order valence-corrected chi connectivity index (χ4v) is 2.60. The minimum atomic E-state index is -0.280. The summed E-state index contributed by atoms with van der Waals surface area (Å²) in [4.78, 5) is 24.5. The Labute approximate surface area is 141 Å². The standard InChI is InChI=1S/C18H20ClNO3/c1-4-9-23-16(21)11-15-10-12(2)17(20(15)3)18(22)13-5-7-14(19)8-6-13/h5-8,10H,4,9,11H2,1-3H3. The van der Waals surface area contributed by atoms with Crippen LogP contribution in [0.5, 0.6) is 0 Å². The van der Waals surface area contributed by atoms with Crippen LogP contribution in [0.25, 0.3) is 0 Å². The van der Waals surface area contributed by atoms with Crippen molar-refractivity contribution in [1.82, 2.24) is 4.57 Å². The van der Waals surface area contributed by atoms with Crippen LogP contribution in [0.1, 0.15) is 40.7 Å². The molecule has 5 heteroatoms. The summed E-state index contributed by atoms with van der Waals surface area (Å²) < 4.78 is 6.87. The number of carbonyl (C=O) groups is 2. The van der Waals surface area contributed by atoms with Gasteiger partial charge in [-0.1, -0.05) is 18.5 Å². The maximum atomic E-state index is 12.7. The molecule has 0 atom stereocenters. The minimum Gasteiger partial charge on any atom is -0.465 e. The number of nitrogens with zero attached hydrogens (tertiary/aromatic N) is 1. The van der Waals surface area contributed by atoms with Gasteiger partial charge in [0.15, 0.2) is 0 Å². The van der Waals surface area contributed by atoms with Gasteiger partial charge < -0.3 is 9.30 Å². The molecule has 2 rings (SSSR count). The van der Waals surface area contributed by atoms with E-state index in [9.17, 15) is 9.59 Å². The average molecular weight is 334 g/mol. The second kappa shape index (κ2) is 7.47. The number of esters is 1. The summed E-state index contributed by atoms with van der Waals surface area (Å²) in [6.45, 7) is 4.23. The lowest BCUT2D eigenvalue weighted by atomic mass is 10.1. The summed E-state index contributed by atoms with van der Waals surface area (Å²) in [6, 6.07) is 8.64. The molecule has 1 heterocycles. The molecule has 1 aromatic heterocycles. The Hall–Kier alpha value is -2.07. The summed E-state index contributed by atoms with van der Waals surface area (Å²) in [5.74, 6) is -0.368. The molecular weight excluding hydrogens is 314 g/mol. The lowest BCUT2D eigenvalue weighted by molar-refractivity contribution is -0.142. The van der Waals surface area contributed by atoms with E-state index in [-0.39, 0.29) is 18.2 Å². The second-order valence-corrected chi connectivity index (χ2v) is 5.90. The molecule has 2 aromatic rings. The first-order valence-corrected chi connectivity index (χ1v) is 7.93. The van der Waals surface area contributed by atoms with Crippen LogP contribution >= 0.6 is 11.6 Å². The van der Waals surface area contributed by atoms with Gasteiger partial charge in [-0.15, -0.1) is 0 Å². The van der Waals surface area contributed by atoms with Crippen LogP contribution in [0.4, 0.5) is 0 Å². The van der Waals surface area contributed by atoms with Gasteiger partial charge in [-0.05, 0) is 49.2 Å². The molecule has 0 N–H and O–H groups in total. The highest BCUT2D eigenvalue weighted by atomic mass is 35.5. The van der Waals surface area contributed by atoms with Crippen LogP contribution in [0.15, 0.2) is 30.3 Å². The van der Waals surface area contributed by atoms with Crippen molar-refractivity contribution in [2.75, 3.05) is 6.61 Å². The molecule has 0 amide bonds. The SMILES string of the molecule is CCCOC(=O)Cc1cc(C)c(C(=O)c2ccc(Cl)cc2)n1C. The molecule has 0 radical (unpaired) electrons. The number of rotatable bonds is 6. The third-order valence-electron chi connectivity index (χ3n) is 3.64.